The summed E-state index contributed by atoms with van der Waals surface area (Å²) in [6.45, 7) is 4.46. The van der Waals surface area contributed by atoms with Crippen molar-refractivity contribution in [3.63, 3.8) is 0 Å². The molecule has 39 heavy (non-hydrogen) atoms. The molecule has 0 radical (unpaired) electrons. The van der Waals surface area contributed by atoms with Crippen molar-refractivity contribution in [2.24, 2.45) is 0 Å². The molecular weight excluding hydrogens is 516 g/mol. The lowest BCUT2D eigenvalue weighted by atomic mass is 9.91. The van der Waals surface area contributed by atoms with E-state index in [9.17, 15) is 4.79 Å². The van der Waals surface area contributed by atoms with Gasteiger partial charge in [-0.3, -0.25) is 4.79 Å². The van der Waals surface area contributed by atoms with E-state index in [2.05, 4.69) is 29.6 Å². The molecule has 4 aromatic rings. The Kier molecular flexibility index (Phi) is 6.99. The van der Waals surface area contributed by atoms with Gasteiger partial charge in [0.15, 0.2) is 17.1 Å². The predicted octanol–water partition coefficient (Wildman–Crippen LogP) is 5.86. The zero-order valence-corrected chi connectivity index (χ0v) is 22.7. The van der Waals surface area contributed by atoms with Crippen molar-refractivity contribution in [2.45, 2.75) is 64.0 Å². The highest BCUT2D eigenvalue weighted by molar-refractivity contribution is 6.32. The molecule has 3 heterocycles. The van der Waals surface area contributed by atoms with Crippen LogP contribution in [0.4, 0.5) is 5.82 Å². The Morgan fingerprint density at radius 2 is 1.85 bits per heavy atom. The zero-order valence-electron chi connectivity index (χ0n) is 22.0. The number of carbonyl (C=O) groups excluding carboxylic acids is 1. The lowest BCUT2D eigenvalue weighted by molar-refractivity contribution is 0.0926. The van der Waals surface area contributed by atoms with E-state index in [0.29, 0.717) is 22.1 Å². The van der Waals surface area contributed by atoms with Crippen LogP contribution in [0, 0.1) is 0 Å². The summed E-state index contributed by atoms with van der Waals surface area (Å²) in [5, 5.41) is 13.0. The van der Waals surface area contributed by atoms with Crippen LogP contribution in [-0.4, -0.2) is 44.5 Å². The summed E-state index contributed by atoms with van der Waals surface area (Å²) in [4.78, 5) is 22.7. The fraction of sp³-hybridized carbons (Fsp3) is 0.379. The second-order valence-electron chi connectivity index (χ2n) is 10.2. The first-order valence-corrected chi connectivity index (χ1v) is 13.9. The average Bonchev–Trinajstić information content (AvgIpc) is 3.61. The first-order valence-electron chi connectivity index (χ1n) is 13.5. The van der Waals surface area contributed by atoms with E-state index in [-0.39, 0.29) is 30.7 Å². The second kappa shape index (κ2) is 10.7. The summed E-state index contributed by atoms with van der Waals surface area (Å²) >= 11 is 6.49. The Hall–Kier alpha value is -3.85. The number of aromatic nitrogens is 4. The van der Waals surface area contributed by atoms with Crippen molar-refractivity contribution in [3.8, 4) is 17.2 Å². The van der Waals surface area contributed by atoms with Crippen molar-refractivity contribution in [3.05, 3.63) is 65.1 Å². The number of hydrogen-bond acceptors (Lipinski definition) is 7. The summed E-state index contributed by atoms with van der Waals surface area (Å²) < 4.78 is 12.5. The van der Waals surface area contributed by atoms with Crippen LogP contribution in [0.25, 0.3) is 16.7 Å². The monoisotopic (exact) mass is 546 g/mol. The Morgan fingerprint density at radius 1 is 1.08 bits per heavy atom. The zero-order chi connectivity index (χ0) is 26.9. The maximum Gasteiger partial charge on any atom is 0.251 e. The van der Waals surface area contributed by atoms with Gasteiger partial charge in [0.2, 0.25) is 6.79 Å². The van der Waals surface area contributed by atoms with Gasteiger partial charge in [0.05, 0.1) is 22.3 Å². The minimum absolute atomic E-state index is 0.0904. The van der Waals surface area contributed by atoms with Gasteiger partial charge in [0.1, 0.15) is 11.6 Å². The highest BCUT2D eigenvalue weighted by atomic mass is 35.5. The van der Waals surface area contributed by atoms with Crippen LogP contribution in [0.3, 0.4) is 0 Å². The molecule has 6 rings (SSSR count). The minimum atomic E-state index is -0.0904. The number of benzene rings is 2. The number of fused-ring (bicyclic) bond motifs is 2. The number of rotatable bonds is 7. The van der Waals surface area contributed by atoms with Gasteiger partial charge in [-0.15, -0.1) is 0 Å². The molecule has 0 saturated heterocycles. The lowest BCUT2D eigenvalue weighted by Gasteiger charge is -2.30. The molecule has 1 aliphatic heterocycles. The SMILES string of the molecule is CC[C@H](C)c1nc(NC2CCC(NC(=O)c3ccc4c(c3)OCO4)CC2)c2cnn(-c3ccccc3Cl)c2n1. The van der Waals surface area contributed by atoms with Gasteiger partial charge in [0, 0.05) is 23.6 Å². The lowest BCUT2D eigenvalue weighted by Crippen LogP contribution is -2.40. The number of hydrogen-bond donors (Lipinski definition) is 2. The number of ether oxygens (including phenoxy) is 2. The van der Waals surface area contributed by atoms with Crippen LogP contribution in [0.1, 0.15) is 68.1 Å². The maximum absolute atomic E-state index is 12.8. The molecule has 2 N–H and O–H groups in total. The summed E-state index contributed by atoms with van der Waals surface area (Å²) in [5.74, 6) is 2.97. The van der Waals surface area contributed by atoms with Crippen LogP contribution in [0.15, 0.2) is 48.7 Å². The molecule has 0 spiro atoms. The third-order valence-corrected chi connectivity index (χ3v) is 7.94. The van der Waals surface area contributed by atoms with Gasteiger partial charge in [0.25, 0.3) is 5.91 Å². The Morgan fingerprint density at radius 3 is 2.64 bits per heavy atom. The minimum Gasteiger partial charge on any atom is -0.454 e. The molecule has 2 aromatic carbocycles. The van der Waals surface area contributed by atoms with E-state index in [4.69, 9.17) is 31.0 Å². The van der Waals surface area contributed by atoms with Crippen molar-refractivity contribution in [1.29, 1.82) is 0 Å². The predicted molar refractivity (Wildman–Crippen MR) is 150 cm³/mol. The van der Waals surface area contributed by atoms with Gasteiger partial charge in [-0.05, 0) is 62.4 Å². The average molecular weight is 547 g/mol. The molecule has 9 nitrogen and oxygen atoms in total. The number of anilines is 1. The molecule has 1 amide bonds. The van der Waals surface area contributed by atoms with Gasteiger partial charge >= 0.3 is 0 Å². The van der Waals surface area contributed by atoms with Gasteiger partial charge in [-0.25, -0.2) is 14.6 Å². The summed E-state index contributed by atoms with van der Waals surface area (Å²) in [6, 6.07) is 13.3. The Bertz CT molecular complexity index is 1510. The van der Waals surface area contributed by atoms with Crippen LogP contribution in [0.2, 0.25) is 5.02 Å². The smallest absolute Gasteiger partial charge is 0.251 e. The molecule has 2 aliphatic rings. The van der Waals surface area contributed by atoms with E-state index < -0.39 is 0 Å². The highest BCUT2D eigenvalue weighted by Gasteiger charge is 2.26. The van der Waals surface area contributed by atoms with Gasteiger partial charge < -0.3 is 20.1 Å². The molecule has 2 aromatic heterocycles. The number of amides is 1. The van der Waals surface area contributed by atoms with E-state index in [1.165, 1.54) is 0 Å². The first kappa shape index (κ1) is 25.4. The number of halogens is 1. The normalized spacial score (nSPS) is 19.2. The van der Waals surface area contributed by atoms with Crippen molar-refractivity contribution in [2.75, 3.05) is 12.1 Å². The summed E-state index contributed by atoms with van der Waals surface area (Å²) in [6.07, 6.45) is 6.31. The molecule has 1 saturated carbocycles. The fourth-order valence-corrected chi connectivity index (χ4v) is 5.34. The molecule has 10 heteroatoms. The largest absolute Gasteiger partial charge is 0.454 e. The maximum atomic E-state index is 12.8. The van der Waals surface area contributed by atoms with Crippen molar-refractivity contribution >= 4 is 34.4 Å². The van der Waals surface area contributed by atoms with Crippen LogP contribution in [0.5, 0.6) is 11.5 Å². The molecule has 1 aliphatic carbocycles. The number of nitrogens with one attached hydrogen (secondary N) is 2. The van der Waals surface area contributed by atoms with Crippen molar-refractivity contribution < 1.29 is 14.3 Å². The Balaban J connectivity index is 1.17. The van der Waals surface area contributed by atoms with Gasteiger partial charge in [-0.2, -0.15) is 5.10 Å². The molecule has 1 atom stereocenters. The molecular formula is C29H31ClN6O3. The van der Waals surface area contributed by atoms with E-state index in [1.807, 2.05) is 24.3 Å². The molecule has 0 unspecified atom stereocenters. The highest BCUT2D eigenvalue weighted by Crippen LogP contribution is 2.33. The van der Waals surface area contributed by atoms with Crippen LogP contribution < -0.4 is 20.1 Å². The topological polar surface area (TPSA) is 103 Å². The molecule has 202 valence electrons. The second-order valence-corrected chi connectivity index (χ2v) is 10.6. The van der Waals surface area contributed by atoms with Crippen molar-refractivity contribution in [1.82, 2.24) is 25.1 Å². The number of nitrogens with zero attached hydrogens (tertiary/aromatic N) is 4. The fourth-order valence-electron chi connectivity index (χ4n) is 5.12. The van der Waals surface area contributed by atoms with E-state index in [1.54, 1.807) is 29.1 Å². The Labute approximate surface area is 231 Å². The number of para-hydroxylation sites is 1. The summed E-state index contributed by atoms with van der Waals surface area (Å²) in [7, 11) is 0. The third kappa shape index (κ3) is 5.11. The number of carbonyl (C=O) groups is 1. The summed E-state index contributed by atoms with van der Waals surface area (Å²) in [5.41, 5.74) is 2.10. The quantitative estimate of drug-likeness (QED) is 0.299. The van der Waals surface area contributed by atoms with E-state index >= 15 is 0 Å². The van der Waals surface area contributed by atoms with Gasteiger partial charge in [-0.1, -0.05) is 37.6 Å². The van der Waals surface area contributed by atoms with Crippen LogP contribution >= 0.6 is 11.6 Å². The first-order chi connectivity index (χ1) is 19.0. The van der Waals surface area contributed by atoms with Crippen LogP contribution in [-0.2, 0) is 0 Å². The third-order valence-electron chi connectivity index (χ3n) is 7.62. The molecule has 0 bridgehead atoms. The standard InChI is InChI=1S/C29H31ClN6O3/c1-3-17(2)26-34-27(21-15-31-36(28(21)35-26)23-7-5-4-6-22(23)30)32-19-9-11-20(12-10-19)33-29(37)18-8-13-24-25(14-18)39-16-38-24/h4-8,13-15,17,19-20H,3,9-12,16H2,1-2H3,(H,33,37)(H,32,34,35)/t17-,19?,20?/m0/s1. The van der Waals surface area contributed by atoms with E-state index in [0.717, 1.165) is 60.5 Å². The molecule has 1 fully saturated rings.